The largest absolute Gasteiger partial charge is 0.733 e. The van der Waals surface area contributed by atoms with Crippen LogP contribution in [0.3, 0.4) is 0 Å². The molecule has 0 aliphatic rings. The third-order valence-electron chi connectivity index (χ3n) is 10.2. The molecule has 0 saturated carbocycles. The van der Waals surface area contributed by atoms with Crippen molar-refractivity contribution in [2.45, 2.75) is 25.7 Å². The number of esters is 7. The highest BCUT2D eigenvalue weighted by molar-refractivity contribution is 5.92. The first-order valence-electron chi connectivity index (χ1n) is 22.8. The summed E-state index contributed by atoms with van der Waals surface area (Å²) >= 11 is 0. The van der Waals surface area contributed by atoms with Gasteiger partial charge in [-0.2, -0.15) is 0 Å². The smallest absolute Gasteiger partial charge is 0.330 e. The van der Waals surface area contributed by atoms with Crippen molar-refractivity contribution in [1.29, 1.82) is 0 Å². The van der Waals surface area contributed by atoms with Gasteiger partial charge in [0.25, 0.3) is 0 Å². The first kappa shape index (κ1) is 55.8. The highest BCUT2D eigenvalue weighted by Gasteiger charge is 2.16. The van der Waals surface area contributed by atoms with Gasteiger partial charge in [0.1, 0.15) is 51.1 Å². The fourth-order valence-electron chi connectivity index (χ4n) is 6.60. The fourth-order valence-corrected chi connectivity index (χ4v) is 6.60. The molecule has 0 spiro atoms. The van der Waals surface area contributed by atoms with Gasteiger partial charge in [-0.15, -0.1) is 0 Å². The molecule has 6 aromatic rings. The number of carbonyl (C=O) groups excluding carboxylic acids is 7. The summed E-state index contributed by atoms with van der Waals surface area (Å²) in [6.07, 6.45) is 1.75. The van der Waals surface area contributed by atoms with Crippen LogP contribution in [0.25, 0.3) is 32.3 Å². The van der Waals surface area contributed by atoms with Gasteiger partial charge >= 0.3 is 41.8 Å². The molecule has 6 rings (SSSR count). The minimum atomic E-state index is -0.750. The molecule has 396 valence electrons. The third-order valence-corrected chi connectivity index (χ3v) is 10.2. The SMILES string of the molecule is C=CC(=O)OCCOC(=O)CCC(=O)Oc1ccc2cc(N([O-])Oc3ccc4cc(ON([O-])c5ccc6cc(OC(=O)CCC(=O)OCCOC(=O)C=C)ccc6c5)c(N([O-])OCCOC(=O)C=C)cc4c3)ccc2c1. The van der Waals surface area contributed by atoms with Crippen LogP contribution in [0.1, 0.15) is 25.7 Å². The fraction of sp³-hybridized carbons (Fsp3) is 0.189. The van der Waals surface area contributed by atoms with E-state index in [9.17, 15) is 49.2 Å². The predicted molar refractivity (Wildman–Crippen MR) is 272 cm³/mol. The van der Waals surface area contributed by atoms with Crippen molar-refractivity contribution < 1.29 is 81.2 Å². The molecular weight excluding hydrogens is 999 g/mol. The number of anilines is 3. The minimum absolute atomic E-state index is 0.0103. The van der Waals surface area contributed by atoms with Crippen LogP contribution in [-0.2, 0) is 62.1 Å². The Kier molecular flexibility index (Phi) is 20.2. The summed E-state index contributed by atoms with van der Waals surface area (Å²) in [6.45, 7) is 8.38. The molecule has 0 aliphatic carbocycles. The molecule has 76 heavy (non-hydrogen) atoms. The average molecular weight is 1040 g/mol. The van der Waals surface area contributed by atoms with E-state index in [1.165, 1.54) is 66.7 Å². The highest BCUT2D eigenvalue weighted by atomic mass is 16.9. The Hall–Kier alpha value is -9.55. The maximum absolute atomic E-state index is 13.6. The number of hydrogen-bond acceptors (Lipinski definition) is 23. The number of nitrogens with zero attached hydrogens (tertiary/aromatic N) is 3. The maximum Gasteiger partial charge on any atom is 0.330 e. The molecule has 0 N–H and O–H groups in total. The molecule has 0 saturated heterocycles. The molecule has 0 radical (unpaired) electrons. The Balaban J connectivity index is 1.09. The lowest BCUT2D eigenvalue weighted by Gasteiger charge is -2.35. The van der Waals surface area contributed by atoms with Crippen molar-refractivity contribution in [3.8, 4) is 23.0 Å². The van der Waals surface area contributed by atoms with Gasteiger partial charge < -0.3 is 63.7 Å². The lowest BCUT2D eigenvalue weighted by Crippen LogP contribution is -2.24. The van der Waals surface area contributed by atoms with Gasteiger partial charge in [-0.1, -0.05) is 50.1 Å². The van der Waals surface area contributed by atoms with Gasteiger partial charge in [0.05, 0.1) is 42.7 Å². The monoisotopic (exact) mass is 1040 g/mol. The van der Waals surface area contributed by atoms with E-state index >= 15 is 0 Å². The van der Waals surface area contributed by atoms with Crippen LogP contribution in [0.15, 0.2) is 141 Å². The molecule has 0 amide bonds. The Morgan fingerprint density at radius 3 is 1.26 bits per heavy atom. The predicted octanol–water partition coefficient (Wildman–Crippen LogP) is 7.62. The first-order chi connectivity index (χ1) is 36.6. The van der Waals surface area contributed by atoms with Gasteiger partial charge in [-0.3, -0.25) is 34.5 Å². The van der Waals surface area contributed by atoms with Crippen molar-refractivity contribution in [2.75, 3.05) is 55.3 Å². The molecule has 0 aliphatic heterocycles. The molecule has 23 heteroatoms. The second-order valence-corrected chi connectivity index (χ2v) is 15.5. The zero-order valence-corrected chi connectivity index (χ0v) is 40.2. The van der Waals surface area contributed by atoms with Crippen molar-refractivity contribution in [1.82, 2.24) is 0 Å². The van der Waals surface area contributed by atoms with Crippen LogP contribution in [0.5, 0.6) is 23.0 Å². The number of hydrogen-bond donors (Lipinski definition) is 0. The molecule has 0 heterocycles. The first-order valence-corrected chi connectivity index (χ1v) is 22.8. The minimum Gasteiger partial charge on any atom is -0.733 e. The molecule has 0 atom stereocenters. The van der Waals surface area contributed by atoms with Crippen molar-refractivity contribution >= 4 is 91.2 Å². The van der Waals surface area contributed by atoms with E-state index in [1.54, 1.807) is 36.4 Å². The summed E-state index contributed by atoms with van der Waals surface area (Å²) in [5.74, 6) is -4.76. The van der Waals surface area contributed by atoms with Crippen LogP contribution < -0.4 is 34.8 Å². The van der Waals surface area contributed by atoms with E-state index in [0.717, 1.165) is 18.2 Å². The molecule has 0 fully saturated rings. The number of benzene rings is 6. The Morgan fingerprint density at radius 2 is 0.776 bits per heavy atom. The van der Waals surface area contributed by atoms with Crippen molar-refractivity contribution in [2.24, 2.45) is 0 Å². The standard InChI is InChI=1S/C53H46N3O20/c1-4-47(57)67-21-23-70-50(60)17-19-52(62)73-42-14-9-34-27-40(12-7-36(34)29-42)54(64)75-44-16-11-38-33-46(45(32-39(38)31-44)56(66)72-26-25-69-49(59)6-3)76-55(65)41-13-8-37-30-43(15-10-35(37)28-41)74-53(63)20-18-51(61)71-24-22-68-48(58)5-2/h4-16,27-33H,1-3,17-26H2/q-3. The zero-order chi connectivity index (χ0) is 54.6. The van der Waals surface area contributed by atoms with E-state index in [2.05, 4.69) is 19.7 Å². The van der Waals surface area contributed by atoms with E-state index in [1.807, 2.05) is 0 Å². The lowest BCUT2D eigenvalue weighted by atomic mass is 10.1. The third kappa shape index (κ3) is 16.8. The Bertz CT molecular complexity index is 3140. The van der Waals surface area contributed by atoms with Gasteiger partial charge in [-0.25, -0.2) is 14.4 Å². The molecule has 0 aromatic heterocycles. The van der Waals surface area contributed by atoms with Crippen LogP contribution in [0, 0.1) is 15.6 Å². The summed E-state index contributed by atoms with van der Waals surface area (Å²) in [4.78, 5) is 99.0. The van der Waals surface area contributed by atoms with Gasteiger partial charge in [-0.05, 0) is 105 Å². The summed E-state index contributed by atoms with van der Waals surface area (Å²) < 4.78 is 34.9. The maximum atomic E-state index is 13.6. The second kappa shape index (κ2) is 27.5. The number of ether oxygens (including phenoxy) is 7. The van der Waals surface area contributed by atoms with Crippen LogP contribution in [0.2, 0.25) is 0 Å². The molecule has 0 unspecified atom stereocenters. The molecular formula is C53H46N3O20-3. The van der Waals surface area contributed by atoms with Gasteiger partial charge in [0.15, 0.2) is 11.5 Å². The summed E-state index contributed by atoms with van der Waals surface area (Å²) in [6, 6.07) is 25.4. The van der Waals surface area contributed by atoms with E-state index < -0.39 is 48.4 Å². The van der Waals surface area contributed by atoms with E-state index in [-0.39, 0.29) is 114 Å². The summed E-state index contributed by atoms with van der Waals surface area (Å²) in [5, 5.41) is 43.9. The van der Waals surface area contributed by atoms with E-state index in [4.69, 9.17) is 47.7 Å². The van der Waals surface area contributed by atoms with Crippen LogP contribution in [0.4, 0.5) is 17.1 Å². The number of fused-ring (bicyclic) bond motifs is 3. The topological polar surface area (TPSA) is 291 Å². The van der Waals surface area contributed by atoms with Crippen molar-refractivity contribution in [3.05, 3.63) is 157 Å². The summed E-state index contributed by atoms with van der Waals surface area (Å²) in [5.41, 5.74) is -0.235. The van der Waals surface area contributed by atoms with Gasteiger partial charge in [0.2, 0.25) is 0 Å². The van der Waals surface area contributed by atoms with Gasteiger partial charge in [0, 0.05) is 18.2 Å². The Labute approximate surface area is 432 Å². The summed E-state index contributed by atoms with van der Waals surface area (Å²) in [7, 11) is 0. The molecule has 23 nitrogen and oxygen atoms in total. The van der Waals surface area contributed by atoms with Crippen LogP contribution >= 0.6 is 0 Å². The number of carbonyl (C=O) groups is 7. The normalized spacial score (nSPS) is 10.6. The quantitative estimate of drug-likeness (QED) is 0.0114. The molecule has 0 bridgehead atoms. The highest BCUT2D eigenvalue weighted by Crippen LogP contribution is 2.37. The van der Waals surface area contributed by atoms with Crippen molar-refractivity contribution in [3.63, 3.8) is 0 Å². The zero-order valence-electron chi connectivity index (χ0n) is 40.2. The molecule has 6 aromatic carbocycles. The number of rotatable bonds is 28. The second-order valence-electron chi connectivity index (χ2n) is 15.5. The lowest BCUT2D eigenvalue weighted by molar-refractivity contribution is -0.151. The van der Waals surface area contributed by atoms with Crippen LogP contribution in [-0.4, -0.2) is 81.4 Å². The van der Waals surface area contributed by atoms with E-state index in [0.29, 0.717) is 32.3 Å². The Morgan fingerprint density at radius 1 is 0.395 bits per heavy atom. The average Bonchev–Trinajstić information content (AvgIpc) is 3.42.